The third kappa shape index (κ3) is 2.84. The summed E-state index contributed by atoms with van der Waals surface area (Å²) in [6.07, 6.45) is 0.875. The normalized spacial score (nSPS) is 10.5. The van der Waals surface area contributed by atoms with Gasteiger partial charge in [0.15, 0.2) is 6.29 Å². The summed E-state index contributed by atoms with van der Waals surface area (Å²) in [5, 5.41) is 0. The van der Waals surface area contributed by atoms with Crippen LogP contribution in [0.5, 0.6) is 5.75 Å². The average molecular weight is 254 g/mol. The predicted octanol–water partition coefficient (Wildman–Crippen LogP) is 4.30. The number of rotatable bonds is 4. The third-order valence-electron chi connectivity index (χ3n) is 3.25. The van der Waals surface area contributed by atoms with E-state index in [1.807, 2.05) is 24.3 Å². The first kappa shape index (κ1) is 13.3. The third-order valence-corrected chi connectivity index (χ3v) is 3.25. The van der Waals surface area contributed by atoms with Gasteiger partial charge in [-0.15, -0.1) is 0 Å². The predicted molar refractivity (Wildman–Crippen MR) is 77.9 cm³/mol. The van der Waals surface area contributed by atoms with Gasteiger partial charge in [0.2, 0.25) is 0 Å². The molecule has 2 heteroatoms. The summed E-state index contributed by atoms with van der Waals surface area (Å²) in [7, 11) is 1.60. The first-order chi connectivity index (χ1) is 9.15. The zero-order valence-electron chi connectivity index (χ0n) is 11.5. The van der Waals surface area contributed by atoms with Gasteiger partial charge in [-0.2, -0.15) is 0 Å². The van der Waals surface area contributed by atoms with Crippen molar-refractivity contribution >= 4 is 6.29 Å². The summed E-state index contributed by atoms with van der Waals surface area (Å²) in [5.74, 6) is 1.17. The second-order valence-corrected chi connectivity index (χ2v) is 4.85. The molecule has 0 amide bonds. The molecule has 2 aromatic carbocycles. The molecule has 0 aliphatic rings. The zero-order chi connectivity index (χ0) is 13.8. The topological polar surface area (TPSA) is 26.3 Å². The molecule has 0 aliphatic heterocycles. The van der Waals surface area contributed by atoms with Gasteiger partial charge in [-0.3, -0.25) is 4.79 Å². The van der Waals surface area contributed by atoms with Crippen molar-refractivity contribution in [2.75, 3.05) is 7.11 Å². The van der Waals surface area contributed by atoms with Gasteiger partial charge >= 0.3 is 0 Å². The van der Waals surface area contributed by atoms with Crippen LogP contribution in [0.4, 0.5) is 0 Å². The van der Waals surface area contributed by atoms with E-state index >= 15 is 0 Å². The number of aldehydes is 1. The first-order valence-electron chi connectivity index (χ1n) is 6.39. The molecule has 0 spiro atoms. The smallest absolute Gasteiger partial charge is 0.150 e. The Hall–Kier alpha value is -2.09. The van der Waals surface area contributed by atoms with Crippen molar-refractivity contribution in [3.8, 4) is 16.9 Å². The fourth-order valence-electron chi connectivity index (χ4n) is 2.09. The lowest BCUT2D eigenvalue weighted by Crippen LogP contribution is -1.92. The molecule has 0 fully saturated rings. The van der Waals surface area contributed by atoms with E-state index in [1.54, 1.807) is 13.2 Å². The highest BCUT2D eigenvalue weighted by Crippen LogP contribution is 2.28. The van der Waals surface area contributed by atoms with Crippen LogP contribution >= 0.6 is 0 Å². The van der Waals surface area contributed by atoms with E-state index in [4.69, 9.17) is 4.74 Å². The van der Waals surface area contributed by atoms with Gasteiger partial charge in [0.1, 0.15) is 5.75 Å². The van der Waals surface area contributed by atoms with Gasteiger partial charge < -0.3 is 4.74 Å². The zero-order valence-corrected chi connectivity index (χ0v) is 11.5. The van der Waals surface area contributed by atoms with Gasteiger partial charge in [0.05, 0.1) is 7.11 Å². The van der Waals surface area contributed by atoms with Crippen molar-refractivity contribution in [1.29, 1.82) is 0 Å². The number of carbonyl (C=O) groups is 1. The number of hydrogen-bond acceptors (Lipinski definition) is 2. The van der Waals surface area contributed by atoms with E-state index < -0.39 is 0 Å². The molecule has 0 radical (unpaired) electrons. The maximum absolute atomic E-state index is 11.2. The van der Waals surface area contributed by atoms with Crippen LogP contribution in [-0.4, -0.2) is 13.4 Å². The second kappa shape index (κ2) is 5.70. The maximum Gasteiger partial charge on any atom is 0.150 e. The van der Waals surface area contributed by atoms with Crippen molar-refractivity contribution in [3.63, 3.8) is 0 Å². The van der Waals surface area contributed by atoms with Crippen LogP contribution in [0.25, 0.3) is 11.1 Å². The number of hydrogen-bond donors (Lipinski definition) is 0. The van der Waals surface area contributed by atoms with Crippen LogP contribution in [-0.2, 0) is 0 Å². The molecule has 0 heterocycles. The van der Waals surface area contributed by atoms with Crippen LogP contribution in [0, 0.1) is 0 Å². The molecule has 0 bridgehead atoms. The van der Waals surface area contributed by atoms with Crippen molar-refractivity contribution in [1.82, 2.24) is 0 Å². The molecule has 0 aromatic heterocycles. The molecule has 0 N–H and O–H groups in total. The number of carbonyl (C=O) groups excluding carboxylic acids is 1. The summed E-state index contributed by atoms with van der Waals surface area (Å²) >= 11 is 0. The van der Waals surface area contributed by atoms with E-state index in [0.29, 0.717) is 17.2 Å². The van der Waals surface area contributed by atoms with Crippen molar-refractivity contribution in [3.05, 3.63) is 53.6 Å². The van der Waals surface area contributed by atoms with E-state index in [-0.39, 0.29) is 0 Å². The highest BCUT2D eigenvalue weighted by atomic mass is 16.5. The molecule has 0 unspecified atom stereocenters. The van der Waals surface area contributed by atoms with Gasteiger partial charge in [0, 0.05) is 5.56 Å². The molecule has 0 aliphatic carbocycles. The lowest BCUT2D eigenvalue weighted by atomic mass is 9.95. The average Bonchev–Trinajstić information content (AvgIpc) is 2.46. The second-order valence-electron chi connectivity index (χ2n) is 4.85. The minimum atomic E-state index is 0.470. The van der Waals surface area contributed by atoms with Crippen LogP contribution < -0.4 is 4.74 Å². The van der Waals surface area contributed by atoms with Gasteiger partial charge in [-0.1, -0.05) is 38.1 Å². The molecule has 19 heavy (non-hydrogen) atoms. The largest absolute Gasteiger partial charge is 0.497 e. The van der Waals surface area contributed by atoms with Gasteiger partial charge in [-0.05, 0) is 40.8 Å². The minimum absolute atomic E-state index is 0.470. The van der Waals surface area contributed by atoms with Crippen LogP contribution in [0.1, 0.15) is 35.7 Å². The monoisotopic (exact) mass is 254 g/mol. The van der Waals surface area contributed by atoms with Crippen LogP contribution in [0.15, 0.2) is 42.5 Å². The number of ether oxygens (including phenoxy) is 1. The molecule has 98 valence electrons. The molecule has 2 nitrogen and oxygen atoms in total. The summed E-state index contributed by atoms with van der Waals surface area (Å²) in [5.41, 5.74) is 3.93. The SMILES string of the molecule is COc1ccc(-c2cccc(C(C)C)c2)c(C=O)c1. The Bertz CT molecular complexity index is 586. The maximum atomic E-state index is 11.2. The Kier molecular flexibility index (Phi) is 4.00. The van der Waals surface area contributed by atoms with E-state index in [1.165, 1.54) is 5.56 Å². The van der Waals surface area contributed by atoms with Crippen LogP contribution in [0.3, 0.4) is 0 Å². The van der Waals surface area contributed by atoms with Gasteiger partial charge in [0.25, 0.3) is 0 Å². The molecule has 2 rings (SSSR count). The lowest BCUT2D eigenvalue weighted by Gasteiger charge is -2.11. The minimum Gasteiger partial charge on any atom is -0.497 e. The van der Waals surface area contributed by atoms with E-state index in [0.717, 1.165) is 17.4 Å². The summed E-state index contributed by atoms with van der Waals surface area (Å²) in [6.45, 7) is 4.32. The fourth-order valence-corrected chi connectivity index (χ4v) is 2.09. The highest BCUT2D eigenvalue weighted by Gasteiger charge is 2.08. The fraction of sp³-hybridized carbons (Fsp3) is 0.235. The number of methoxy groups -OCH3 is 1. The molecular formula is C17H18O2. The Morgan fingerprint density at radius 2 is 1.89 bits per heavy atom. The lowest BCUT2D eigenvalue weighted by molar-refractivity contribution is 0.112. The standard InChI is InChI=1S/C17H18O2/c1-12(2)13-5-4-6-14(9-13)17-8-7-16(19-3)10-15(17)11-18/h4-12H,1-3H3. The van der Waals surface area contributed by atoms with Crippen molar-refractivity contribution < 1.29 is 9.53 Å². The Balaban J connectivity index is 2.52. The quantitative estimate of drug-likeness (QED) is 0.760. The molecule has 0 saturated heterocycles. The van der Waals surface area contributed by atoms with Gasteiger partial charge in [-0.25, -0.2) is 0 Å². The summed E-state index contributed by atoms with van der Waals surface area (Å²) in [4.78, 5) is 11.2. The molecule has 0 atom stereocenters. The molecular weight excluding hydrogens is 236 g/mol. The Morgan fingerprint density at radius 1 is 1.11 bits per heavy atom. The van der Waals surface area contributed by atoms with Crippen molar-refractivity contribution in [2.24, 2.45) is 0 Å². The number of benzene rings is 2. The Labute approximate surface area is 114 Å². The molecule has 2 aromatic rings. The van der Waals surface area contributed by atoms with Crippen molar-refractivity contribution in [2.45, 2.75) is 19.8 Å². The van der Waals surface area contributed by atoms with E-state index in [9.17, 15) is 4.79 Å². The van der Waals surface area contributed by atoms with E-state index in [2.05, 4.69) is 26.0 Å². The highest BCUT2D eigenvalue weighted by molar-refractivity contribution is 5.88. The first-order valence-corrected chi connectivity index (χ1v) is 6.39. The summed E-state index contributed by atoms with van der Waals surface area (Å²) in [6, 6.07) is 13.9. The molecule has 0 saturated carbocycles. The van der Waals surface area contributed by atoms with Crippen LogP contribution in [0.2, 0.25) is 0 Å². The Morgan fingerprint density at radius 3 is 2.53 bits per heavy atom. The summed E-state index contributed by atoms with van der Waals surface area (Å²) < 4.78 is 5.15.